The summed E-state index contributed by atoms with van der Waals surface area (Å²) in [5, 5.41) is 55.5. The van der Waals surface area contributed by atoms with Gasteiger partial charge in [-0.1, -0.05) is 25.1 Å². The number of rotatable bonds is 7. The number of nitrogens with two attached hydrogens (primary N) is 2. The van der Waals surface area contributed by atoms with E-state index in [-0.39, 0.29) is 83.0 Å². The molecule has 11 N–H and O–H groups in total. The van der Waals surface area contributed by atoms with E-state index in [1.165, 1.54) is 0 Å². The average Bonchev–Trinajstić information content (AvgIpc) is 3.41. The molecular formula is C48H57N5O9. The largest absolute Gasteiger partial charge is 0.508 e. The van der Waals surface area contributed by atoms with Gasteiger partial charge in [-0.15, -0.1) is 0 Å². The van der Waals surface area contributed by atoms with Gasteiger partial charge in [0.2, 0.25) is 0 Å². The molecular weight excluding hydrogens is 791 g/mol. The molecule has 1 fully saturated rings. The number of ether oxygens (including phenoxy) is 2. The van der Waals surface area contributed by atoms with E-state index in [0.717, 1.165) is 40.3 Å². The first kappa shape index (κ1) is 41.8. The van der Waals surface area contributed by atoms with Crippen molar-refractivity contribution in [1.82, 2.24) is 16.0 Å². The van der Waals surface area contributed by atoms with Crippen LogP contribution in [0.3, 0.4) is 0 Å². The minimum Gasteiger partial charge on any atom is -0.508 e. The molecule has 1 unspecified atom stereocenters. The molecule has 14 nitrogen and oxygen atoms in total. The van der Waals surface area contributed by atoms with Crippen LogP contribution in [0, 0.1) is 17.8 Å². The van der Waals surface area contributed by atoms with Gasteiger partial charge in [-0.3, -0.25) is 4.79 Å². The molecule has 0 saturated heterocycles. The Morgan fingerprint density at radius 2 is 1.95 bits per heavy atom. The topological polar surface area (TPSA) is 235 Å². The first-order chi connectivity index (χ1) is 29.9. The Morgan fingerprint density at radius 3 is 2.71 bits per heavy atom. The molecule has 1 aromatic heterocycles. The van der Waals surface area contributed by atoms with Crippen LogP contribution < -0.4 is 37.6 Å². The summed E-state index contributed by atoms with van der Waals surface area (Å²) >= 11 is 0. The lowest BCUT2D eigenvalue weighted by molar-refractivity contribution is -0.169. The predicted molar refractivity (Wildman–Crippen MR) is 233 cm³/mol. The molecule has 6 aliphatic rings. The lowest BCUT2D eigenvalue weighted by atomic mass is 9.61. The van der Waals surface area contributed by atoms with Crippen molar-refractivity contribution in [3.05, 3.63) is 121 Å². The Hall–Kier alpha value is -5.54. The fourth-order valence-electron chi connectivity index (χ4n) is 11.5. The molecule has 3 aromatic rings. The number of aryl methyl sites for hydroxylation is 1. The van der Waals surface area contributed by atoms with Gasteiger partial charge >= 0.3 is 5.97 Å². The van der Waals surface area contributed by atoms with Gasteiger partial charge in [-0.25, -0.2) is 4.79 Å². The summed E-state index contributed by atoms with van der Waals surface area (Å²) in [6.07, 6.45) is 9.71. The number of carbonyl (C=O) groups is 1. The fraction of sp³-hybridized carbons (Fsp3) is 0.458. The van der Waals surface area contributed by atoms with Crippen LogP contribution in [-0.2, 0) is 29.0 Å². The van der Waals surface area contributed by atoms with Gasteiger partial charge in [0.25, 0.3) is 0 Å². The standard InChI is InChI=1S/C48H57N5O9/c1-4-23(19-51-5-2)47(59)61-37-18-33-43(58)41-36(57)17-28(21-54)60-45(41)42-39-31-12-13-52-46(50)40(31)30(11-7-24-6-9-27(56)16-32(24)34(39)22-55)29-10-8-25-15-38(49)53-20-26(25)14-35(29)48(37,3)62-44(33)42/h4,6,9,12,15-17,20,29-30,34-35,37-39,51-56,58H,5,7-8,10-11,13-14,18-19,21-22,49-50H2,1-3H3/b23-4-/t29-,30+,34-,35+,37-,38?,39+,48+/m1/s1. The zero-order valence-corrected chi connectivity index (χ0v) is 35.4. The fourth-order valence-corrected chi connectivity index (χ4v) is 11.5. The number of benzene rings is 2. The highest BCUT2D eigenvalue weighted by Crippen LogP contribution is 2.61. The number of aliphatic hydroxyl groups excluding tert-OH is 2. The number of esters is 1. The molecule has 1 saturated carbocycles. The monoisotopic (exact) mass is 847 g/mol. The highest BCUT2D eigenvalue weighted by Gasteiger charge is 2.58. The van der Waals surface area contributed by atoms with E-state index >= 15 is 0 Å². The van der Waals surface area contributed by atoms with Crippen molar-refractivity contribution in [1.29, 1.82) is 0 Å². The Balaban J connectivity index is 1.42. The van der Waals surface area contributed by atoms with Gasteiger partial charge in [0.05, 0.1) is 12.8 Å². The smallest absolute Gasteiger partial charge is 0.335 e. The third-order valence-corrected chi connectivity index (χ3v) is 14.5. The van der Waals surface area contributed by atoms with Gasteiger partial charge in [0.15, 0.2) is 5.43 Å². The number of aromatic hydroxyl groups is 2. The number of phenolic OH excluding ortho intramolecular Hbond substituents is 2. The normalized spacial score (nSPS) is 29.0. The molecule has 5 heterocycles. The first-order valence-corrected chi connectivity index (χ1v) is 21.9. The predicted octanol–water partition coefficient (Wildman–Crippen LogP) is 4.11. The Kier molecular flexibility index (Phi) is 11.0. The van der Waals surface area contributed by atoms with E-state index in [1.54, 1.807) is 25.1 Å². The second-order valence-corrected chi connectivity index (χ2v) is 17.7. The van der Waals surface area contributed by atoms with Crippen LogP contribution >= 0.6 is 0 Å². The van der Waals surface area contributed by atoms with Crippen molar-refractivity contribution in [3.63, 3.8) is 0 Å². The quantitative estimate of drug-likeness (QED) is 0.120. The maximum atomic E-state index is 14.3. The number of phenols is 2. The van der Waals surface area contributed by atoms with E-state index < -0.39 is 41.5 Å². The highest BCUT2D eigenvalue weighted by molar-refractivity contribution is 5.92. The Labute approximate surface area is 360 Å². The lowest BCUT2D eigenvalue weighted by Gasteiger charge is -2.52. The summed E-state index contributed by atoms with van der Waals surface area (Å²) in [6.45, 7) is 6.07. The number of hydrogen-bond donors (Lipinski definition) is 9. The van der Waals surface area contributed by atoms with Crippen LogP contribution in [-0.4, -0.2) is 70.5 Å². The molecule has 9 rings (SSSR count). The maximum Gasteiger partial charge on any atom is 0.335 e. The van der Waals surface area contributed by atoms with Gasteiger partial charge in [-0.05, 0) is 116 Å². The molecule has 328 valence electrons. The molecule has 14 heteroatoms. The molecule has 4 aliphatic heterocycles. The van der Waals surface area contributed by atoms with Gasteiger partial charge in [-0.2, -0.15) is 0 Å². The molecule has 2 aliphatic carbocycles. The second-order valence-electron chi connectivity index (χ2n) is 17.7. The Bertz CT molecular complexity index is 2550. The van der Waals surface area contributed by atoms with Crippen LogP contribution in [0.2, 0.25) is 0 Å². The second kappa shape index (κ2) is 16.3. The van der Waals surface area contributed by atoms with Gasteiger partial charge in [0.1, 0.15) is 58.1 Å². The summed E-state index contributed by atoms with van der Waals surface area (Å²) in [5.74, 6) is -2.39. The minimum atomic E-state index is -1.28. The molecule has 0 radical (unpaired) electrons. The number of aliphatic hydroxyl groups is 2. The van der Waals surface area contributed by atoms with Crippen molar-refractivity contribution < 1.29 is 39.1 Å². The molecule has 2 aromatic carbocycles. The summed E-state index contributed by atoms with van der Waals surface area (Å²) in [7, 11) is 0. The third-order valence-electron chi connectivity index (χ3n) is 14.5. The zero-order chi connectivity index (χ0) is 43.6. The molecule has 8 atom stereocenters. The average molecular weight is 848 g/mol. The molecule has 0 spiro atoms. The summed E-state index contributed by atoms with van der Waals surface area (Å²) < 4.78 is 20.7. The summed E-state index contributed by atoms with van der Waals surface area (Å²) in [5.41, 5.74) is 18.4. The molecule has 0 amide bonds. The van der Waals surface area contributed by atoms with Crippen molar-refractivity contribution in [2.75, 3.05) is 26.2 Å². The van der Waals surface area contributed by atoms with Gasteiger partial charge < -0.3 is 61.7 Å². The third kappa shape index (κ3) is 6.78. The number of fused-ring (bicyclic) bond motifs is 9. The molecule has 62 heavy (non-hydrogen) atoms. The summed E-state index contributed by atoms with van der Waals surface area (Å²) in [4.78, 5) is 28.6. The van der Waals surface area contributed by atoms with Crippen molar-refractivity contribution in [2.45, 2.75) is 95.6 Å². The van der Waals surface area contributed by atoms with E-state index in [9.17, 15) is 30.0 Å². The van der Waals surface area contributed by atoms with Crippen LogP contribution in [0.15, 0.2) is 91.6 Å². The van der Waals surface area contributed by atoms with Crippen molar-refractivity contribution in [3.8, 4) is 17.2 Å². The van der Waals surface area contributed by atoms with Crippen molar-refractivity contribution >= 4 is 16.9 Å². The van der Waals surface area contributed by atoms with Crippen LogP contribution in [0.1, 0.15) is 86.3 Å². The number of dihydropyridines is 2. The van der Waals surface area contributed by atoms with Crippen LogP contribution in [0.4, 0.5) is 0 Å². The minimum absolute atomic E-state index is 0.00660. The highest BCUT2D eigenvalue weighted by atomic mass is 16.6. The number of allylic oxidation sites excluding steroid dienone is 5. The maximum absolute atomic E-state index is 14.3. The van der Waals surface area contributed by atoms with E-state index in [2.05, 4.69) is 28.1 Å². The number of carbonyl (C=O) groups excluding carboxylic acids is 1. The first-order valence-electron chi connectivity index (χ1n) is 21.9. The van der Waals surface area contributed by atoms with Crippen LogP contribution in [0.5, 0.6) is 17.2 Å². The number of hydrogen-bond acceptors (Lipinski definition) is 14. The lowest BCUT2D eigenvalue weighted by Crippen LogP contribution is -2.59. The SMILES string of the molecule is C/C=C(/CNCC)C(=O)O[C@@H]1Cc2c3c(c4oc(CO)cc(=O)c4c2O)[C@H]2C4=CCNC(N)=C4[C@@H](CCc4ccc(O)cc4[C@H]2CO)[C@H]2CCC4=CC(N)NC=C4C[C@@H]2[C@]1(C)O3. The van der Waals surface area contributed by atoms with E-state index in [1.807, 2.05) is 26.1 Å². The van der Waals surface area contributed by atoms with Crippen LogP contribution in [0.25, 0.3) is 11.0 Å². The van der Waals surface area contributed by atoms with E-state index in [4.69, 9.17) is 25.4 Å². The zero-order valence-electron chi connectivity index (χ0n) is 35.4. The van der Waals surface area contributed by atoms with E-state index in [0.29, 0.717) is 61.3 Å². The Morgan fingerprint density at radius 1 is 1.13 bits per heavy atom. The molecule has 4 bridgehead atoms. The number of likely N-dealkylation sites (N-methyl/N-ethyl adjacent to an activating group) is 1. The van der Waals surface area contributed by atoms with Crippen molar-refractivity contribution in [2.24, 2.45) is 29.2 Å². The van der Waals surface area contributed by atoms with Gasteiger partial charge in [0, 0.05) is 66.2 Å². The number of nitrogens with one attached hydrogen (secondary N) is 3. The summed E-state index contributed by atoms with van der Waals surface area (Å²) in [6, 6.07) is 6.43.